The number of primary amides is 1. The van der Waals surface area contributed by atoms with Crippen molar-refractivity contribution in [1.82, 2.24) is 4.72 Å². The van der Waals surface area contributed by atoms with E-state index >= 15 is 0 Å². The smallest absolute Gasteiger partial charge is 0.404 e. The van der Waals surface area contributed by atoms with Crippen LogP contribution in [0.1, 0.15) is 0 Å². The highest BCUT2D eigenvalue weighted by Gasteiger charge is 2.06. The molecule has 0 aromatic carbocycles. The van der Waals surface area contributed by atoms with Gasteiger partial charge in [-0.3, -0.25) is 0 Å². The zero-order valence-corrected chi connectivity index (χ0v) is 7.69. The number of nitrogens with two attached hydrogens (primary N) is 1. The lowest BCUT2D eigenvalue weighted by atomic mass is 10.7. The minimum atomic E-state index is -3.43. The second-order valence-electron chi connectivity index (χ2n) is 1.79. The molecular weight excluding hydrogens is 208 g/mol. The van der Waals surface area contributed by atoms with Crippen molar-refractivity contribution in [3.05, 3.63) is 0 Å². The molecule has 0 aliphatic heterocycles. The van der Waals surface area contributed by atoms with E-state index in [4.69, 9.17) is 11.6 Å². The summed E-state index contributed by atoms with van der Waals surface area (Å²) in [6.45, 7) is -0.135. The molecule has 0 unspecified atom stereocenters. The first kappa shape index (κ1) is 11.5. The molecule has 0 aliphatic carbocycles. The number of halogens is 1. The van der Waals surface area contributed by atoms with Gasteiger partial charge in [0.2, 0.25) is 10.0 Å². The van der Waals surface area contributed by atoms with Crippen LogP contribution in [0, 0.1) is 0 Å². The van der Waals surface area contributed by atoms with Gasteiger partial charge in [-0.15, -0.1) is 11.6 Å². The van der Waals surface area contributed by atoms with Crippen LogP contribution < -0.4 is 10.5 Å². The Morgan fingerprint density at radius 1 is 1.58 bits per heavy atom. The molecule has 0 fully saturated rings. The highest BCUT2D eigenvalue weighted by Crippen LogP contribution is 1.86. The molecule has 8 heteroatoms. The number of amides is 1. The lowest BCUT2D eigenvalue weighted by Crippen LogP contribution is -2.29. The molecule has 0 saturated heterocycles. The fourth-order valence-electron chi connectivity index (χ4n) is 0.387. The summed E-state index contributed by atoms with van der Waals surface area (Å²) >= 11 is 5.05. The first-order valence-electron chi connectivity index (χ1n) is 2.93. The van der Waals surface area contributed by atoms with E-state index in [-0.39, 0.29) is 13.2 Å². The number of hydrogen-bond acceptors (Lipinski definition) is 4. The molecule has 0 bridgehead atoms. The van der Waals surface area contributed by atoms with Gasteiger partial charge < -0.3 is 10.5 Å². The number of nitrogens with one attached hydrogen (secondary N) is 1. The number of carbonyl (C=O) groups excluding carboxylic acids is 1. The molecule has 0 atom stereocenters. The maximum atomic E-state index is 10.6. The maximum Gasteiger partial charge on any atom is 0.404 e. The van der Waals surface area contributed by atoms with Crippen LogP contribution in [0.25, 0.3) is 0 Å². The van der Waals surface area contributed by atoms with Gasteiger partial charge in [0.25, 0.3) is 0 Å². The molecule has 0 heterocycles. The van der Waals surface area contributed by atoms with E-state index in [1.54, 1.807) is 0 Å². The first-order valence-corrected chi connectivity index (χ1v) is 5.12. The fraction of sp³-hybridized carbons (Fsp3) is 0.750. The molecular formula is C4H9ClN2O4S. The molecule has 0 rings (SSSR count). The molecule has 3 N–H and O–H groups in total. The van der Waals surface area contributed by atoms with Crippen LogP contribution in [0.5, 0.6) is 0 Å². The molecule has 0 aromatic rings. The van der Waals surface area contributed by atoms with Crippen LogP contribution in [-0.2, 0) is 14.8 Å². The van der Waals surface area contributed by atoms with Crippen molar-refractivity contribution in [3.63, 3.8) is 0 Å². The van der Waals surface area contributed by atoms with Crippen LogP contribution in [0.4, 0.5) is 4.79 Å². The van der Waals surface area contributed by atoms with Crippen molar-refractivity contribution in [3.8, 4) is 0 Å². The quantitative estimate of drug-likeness (QED) is 0.464. The highest BCUT2D eigenvalue weighted by atomic mass is 35.5. The second kappa shape index (κ2) is 5.18. The van der Waals surface area contributed by atoms with Crippen molar-refractivity contribution in [2.45, 2.75) is 0 Å². The Hall–Kier alpha value is -0.530. The van der Waals surface area contributed by atoms with Gasteiger partial charge in [0.05, 0.1) is 0 Å². The summed E-state index contributed by atoms with van der Waals surface area (Å²) in [5.74, 6) is 0. The number of ether oxygens (including phenoxy) is 1. The van der Waals surface area contributed by atoms with Gasteiger partial charge in [0, 0.05) is 6.54 Å². The van der Waals surface area contributed by atoms with E-state index in [9.17, 15) is 13.2 Å². The summed E-state index contributed by atoms with van der Waals surface area (Å²) in [6.07, 6.45) is -0.944. The standard InChI is InChI=1S/C4H9ClN2O4S/c5-3-12(9,10)7-1-2-11-4(6)8/h7H,1-3H2,(H2,6,8). The lowest BCUT2D eigenvalue weighted by molar-refractivity contribution is 0.159. The Morgan fingerprint density at radius 3 is 2.58 bits per heavy atom. The fourth-order valence-corrected chi connectivity index (χ4v) is 1.09. The van der Waals surface area contributed by atoms with Crippen LogP contribution in [0.15, 0.2) is 0 Å². The van der Waals surface area contributed by atoms with Crippen LogP contribution >= 0.6 is 11.6 Å². The highest BCUT2D eigenvalue weighted by molar-refractivity contribution is 7.90. The molecule has 72 valence electrons. The number of rotatable bonds is 5. The third-order valence-electron chi connectivity index (χ3n) is 0.812. The predicted molar refractivity (Wildman–Crippen MR) is 43.2 cm³/mol. The van der Waals surface area contributed by atoms with Crippen molar-refractivity contribution in [2.75, 3.05) is 18.4 Å². The Labute approximate surface area is 75.1 Å². The average Bonchev–Trinajstić information content (AvgIpc) is 1.98. The van der Waals surface area contributed by atoms with Gasteiger partial charge >= 0.3 is 6.09 Å². The van der Waals surface area contributed by atoms with Gasteiger partial charge in [-0.25, -0.2) is 17.9 Å². The molecule has 0 radical (unpaired) electrons. The molecule has 0 spiro atoms. The average molecular weight is 217 g/mol. The van der Waals surface area contributed by atoms with Gasteiger partial charge in [-0.1, -0.05) is 0 Å². The minimum Gasteiger partial charge on any atom is -0.448 e. The zero-order chi connectivity index (χ0) is 9.61. The Kier molecular flexibility index (Phi) is 4.95. The van der Waals surface area contributed by atoms with Crippen LogP contribution in [0.2, 0.25) is 0 Å². The van der Waals surface area contributed by atoms with Gasteiger partial charge in [0.1, 0.15) is 11.8 Å². The van der Waals surface area contributed by atoms with Crippen molar-refractivity contribution in [1.29, 1.82) is 0 Å². The summed E-state index contributed by atoms with van der Waals surface area (Å²) in [7, 11) is -3.43. The van der Waals surface area contributed by atoms with Gasteiger partial charge in [0.15, 0.2) is 0 Å². The van der Waals surface area contributed by atoms with E-state index in [1.807, 2.05) is 0 Å². The summed E-state index contributed by atoms with van der Waals surface area (Å²) in [6, 6.07) is 0. The van der Waals surface area contributed by atoms with E-state index in [0.717, 1.165) is 0 Å². The Morgan fingerprint density at radius 2 is 2.17 bits per heavy atom. The molecule has 6 nitrogen and oxygen atoms in total. The third kappa shape index (κ3) is 6.20. The summed E-state index contributed by atoms with van der Waals surface area (Å²) in [5.41, 5.74) is 4.61. The minimum absolute atomic E-state index is 0.0298. The third-order valence-corrected chi connectivity index (χ3v) is 2.61. The van der Waals surface area contributed by atoms with Crippen LogP contribution in [0.3, 0.4) is 0 Å². The molecule has 0 aliphatic rings. The number of hydrogen-bond donors (Lipinski definition) is 2. The lowest BCUT2D eigenvalue weighted by Gasteiger charge is -2.02. The molecule has 12 heavy (non-hydrogen) atoms. The second-order valence-corrected chi connectivity index (χ2v) is 4.18. The van der Waals surface area contributed by atoms with Crippen molar-refractivity contribution in [2.24, 2.45) is 5.73 Å². The predicted octanol–water partition coefficient (Wildman–Crippen LogP) is -0.803. The monoisotopic (exact) mass is 216 g/mol. The summed E-state index contributed by atoms with van der Waals surface area (Å²) in [5, 5.41) is -0.524. The van der Waals surface area contributed by atoms with E-state index in [1.165, 1.54) is 0 Å². The van der Waals surface area contributed by atoms with E-state index in [0.29, 0.717) is 0 Å². The molecule has 1 amide bonds. The number of carbonyl (C=O) groups is 1. The van der Waals surface area contributed by atoms with Crippen LogP contribution in [-0.4, -0.2) is 32.9 Å². The zero-order valence-electron chi connectivity index (χ0n) is 6.12. The Balaban J connectivity index is 3.51. The largest absolute Gasteiger partial charge is 0.448 e. The first-order chi connectivity index (χ1) is 5.48. The number of sulfonamides is 1. The SMILES string of the molecule is NC(=O)OCCNS(=O)(=O)CCl. The van der Waals surface area contributed by atoms with E-state index < -0.39 is 21.3 Å². The topological polar surface area (TPSA) is 98.5 Å². The summed E-state index contributed by atoms with van der Waals surface area (Å²) in [4.78, 5) is 9.99. The number of alkyl halides is 1. The van der Waals surface area contributed by atoms with Crippen molar-refractivity contribution < 1.29 is 17.9 Å². The summed E-state index contributed by atoms with van der Waals surface area (Å²) < 4.78 is 27.6. The van der Waals surface area contributed by atoms with Crippen molar-refractivity contribution >= 4 is 27.7 Å². The maximum absolute atomic E-state index is 10.6. The normalized spacial score (nSPS) is 11.1. The van der Waals surface area contributed by atoms with Gasteiger partial charge in [-0.05, 0) is 0 Å². The molecule has 0 saturated carbocycles. The van der Waals surface area contributed by atoms with E-state index in [2.05, 4.69) is 15.2 Å². The molecule has 0 aromatic heterocycles. The van der Waals surface area contributed by atoms with Gasteiger partial charge in [-0.2, -0.15) is 0 Å². The Bertz CT molecular complexity index is 239.